The second-order valence-corrected chi connectivity index (χ2v) is 9.98. The number of aliphatic hydroxyl groups excluding tert-OH is 20. The summed E-state index contributed by atoms with van der Waals surface area (Å²) < 4.78 is 0. The number of carbonyl (C=O) groups excluding carboxylic acids is 4. The largest absolute Gasteiger partial charge is 4.00 e. The van der Waals surface area contributed by atoms with E-state index in [4.69, 9.17) is 102 Å². The zero-order valence-corrected chi connectivity index (χ0v) is 28.3. The molecule has 312 valence electrons. The van der Waals surface area contributed by atoms with Gasteiger partial charge in [-0.3, -0.25) is 0 Å². The first kappa shape index (κ1) is 60.1. The Morgan fingerprint density at radius 3 is 0.491 bits per heavy atom. The summed E-state index contributed by atoms with van der Waals surface area (Å²) in [5.41, 5.74) is 0. The minimum Gasteiger partial charge on any atom is -0.547 e. The van der Waals surface area contributed by atoms with E-state index in [1.165, 1.54) is 0 Å². The molecule has 0 heterocycles. The van der Waals surface area contributed by atoms with E-state index in [2.05, 4.69) is 0 Å². The molecule has 0 bridgehead atoms. The van der Waals surface area contributed by atoms with E-state index in [9.17, 15) is 39.6 Å². The molecule has 0 aromatic heterocycles. The molecule has 0 rings (SSSR count). The van der Waals surface area contributed by atoms with Crippen molar-refractivity contribution in [3.63, 3.8) is 0 Å². The van der Waals surface area contributed by atoms with Gasteiger partial charge in [0.05, 0.1) is 50.3 Å². The minimum absolute atomic E-state index is 0. The summed E-state index contributed by atoms with van der Waals surface area (Å²) in [4.78, 5) is 39.9. The second-order valence-electron chi connectivity index (χ2n) is 9.98. The zero-order chi connectivity index (χ0) is 42.4. The number of hydrogen-bond donors (Lipinski definition) is 20. The normalized spacial score (nSPS) is 20.0. The number of carboxylic acids is 4. The van der Waals surface area contributed by atoms with E-state index in [0.29, 0.717) is 0 Å². The van der Waals surface area contributed by atoms with Crippen molar-refractivity contribution in [2.45, 2.75) is 97.7 Å². The number of hydrogen-bond acceptors (Lipinski definition) is 28. The smallest absolute Gasteiger partial charge is 0.547 e. The van der Waals surface area contributed by atoms with E-state index in [-0.39, 0.29) is 21.7 Å². The Hall–Kier alpha value is -2.21. The molecule has 0 aromatic carbocycles. The van der Waals surface area contributed by atoms with Crippen LogP contribution < -0.4 is 20.4 Å². The van der Waals surface area contributed by atoms with Crippen molar-refractivity contribution in [3.8, 4) is 0 Å². The van der Waals surface area contributed by atoms with Crippen molar-refractivity contribution in [2.24, 2.45) is 0 Å². The van der Waals surface area contributed by atoms with Gasteiger partial charge < -0.3 is 142 Å². The molecule has 0 spiro atoms. The van der Waals surface area contributed by atoms with E-state index >= 15 is 0 Å². The third kappa shape index (κ3) is 23.4. The van der Waals surface area contributed by atoms with E-state index in [0.717, 1.165) is 0 Å². The Bertz CT molecular complexity index is 841. The van der Waals surface area contributed by atoms with Gasteiger partial charge in [0.15, 0.2) is 0 Å². The third-order valence-corrected chi connectivity index (χ3v) is 5.98. The molecule has 0 fully saturated rings. The summed E-state index contributed by atoms with van der Waals surface area (Å²) in [7, 11) is 0. The Balaban J connectivity index is -0.000000192. The van der Waals surface area contributed by atoms with Gasteiger partial charge in [-0.25, -0.2) is 0 Å². The van der Waals surface area contributed by atoms with Crippen LogP contribution in [0.5, 0.6) is 0 Å². The number of aliphatic hydroxyl groups is 20. The van der Waals surface area contributed by atoms with Crippen LogP contribution in [0, 0.1) is 0 Å². The van der Waals surface area contributed by atoms with Crippen LogP contribution in [0.4, 0.5) is 0 Å². The van der Waals surface area contributed by atoms with Crippen LogP contribution in [0.1, 0.15) is 0 Å². The molecule has 0 amide bonds. The van der Waals surface area contributed by atoms with E-state index < -0.39 is 148 Å². The first-order valence-corrected chi connectivity index (χ1v) is 13.8. The van der Waals surface area contributed by atoms with Gasteiger partial charge in [0.1, 0.15) is 97.7 Å². The van der Waals surface area contributed by atoms with Gasteiger partial charge >= 0.3 is 21.7 Å². The van der Waals surface area contributed by atoms with Gasteiger partial charge in [-0.2, -0.15) is 0 Å². The van der Waals surface area contributed by atoms with Crippen molar-refractivity contribution in [1.29, 1.82) is 0 Å². The maximum atomic E-state index is 9.98. The summed E-state index contributed by atoms with van der Waals surface area (Å²) in [6.07, 6.45) is -32.3. The first-order valence-electron chi connectivity index (χ1n) is 13.8. The average molecular weight is 828 g/mol. The topological polar surface area (TPSA) is 565 Å². The van der Waals surface area contributed by atoms with Gasteiger partial charge in [0, 0.05) is 0 Å². The van der Waals surface area contributed by atoms with Crippen LogP contribution in [0.25, 0.3) is 0 Å². The molecular formula is C24H44O28Ti. The minimum atomic E-state index is -2.31. The Morgan fingerprint density at radius 1 is 0.302 bits per heavy atom. The quantitative estimate of drug-likeness (QED) is 0.0507. The van der Waals surface area contributed by atoms with Crippen molar-refractivity contribution in [2.75, 3.05) is 26.4 Å². The predicted octanol–water partition coefficient (Wildman–Crippen LogP) is -19.3. The average Bonchev–Trinajstić information content (AvgIpc) is 3.12. The molecule has 28 nitrogen and oxygen atoms in total. The zero-order valence-electron chi connectivity index (χ0n) is 26.8. The Kier molecular flexibility index (Phi) is 35.2. The number of carboxylic acid groups (broad SMARTS) is 4. The molecule has 53 heavy (non-hydrogen) atoms. The van der Waals surface area contributed by atoms with Crippen LogP contribution in [0.3, 0.4) is 0 Å². The Labute approximate surface area is 311 Å². The molecule has 0 aromatic rings. The molecule has 20 N–H and O–H groups in total. The summed E-state index contributed by atoms with van der Waals surface area (Å²) in [5.74, 6) is -7.90. The van der Waals surface area contributed by atoms with Crippen LogP contribution >= 0.6 is 0 Å². The number of rotatable bonds is 20. The van der Waals surface area contributed by atoms with Crippen LogP contribution in [-0.4, -0.2) is 250 Å². The second kappa shape index (κ2) is 31.0. The van der Waals surface area contributed by atoms with Gasteiger partial charge in [0.25, 0.3) is 0 Å². The van der Waals surface area contributed by atoms with E-state index in [1.54, 1.807) is 0 Å². The molecular weight excluding hydrogens is 784 g/mol. The standard InChI is InChI=1S/4C6H12O7.Ti/c4*7-1-2(8)3(9)4(10)5(11)6(12)13;/h4*2-5,7-11H,1H2,(H,12,13);/q;;;;+4/p-4/t4*2-,3-,4-,5-;/m1111./s1. The van der Waals surface area contributed by atoms with E-state index in [1.807, 2.05) is 0 Å². The molecule has 0 radical (unpaired) electrons. The van der Waals surface area contributed by atoms with Gasteiger partial charge in [-0.1, -0.05) is 0 Å². The van der Waals surface area contributed by atoms with Crippen molar-refractivity contribution >= 4 is 23.9 Å². The summed E-state index contributed by atoms with van der Waals surface area (Å²) in [6, 6.07) is 0. The molecule has 0 aliphatic heterocycles. The molecule has 0 unspecified atom stereocenters. The third-order valence-electron chi connectivity index (χ3n) is 5.98. The SMILES string of the molecule is O=C([O-])[C@H](O)[C@H](O)[C@H](O)[C@H](O)CO.O=C([O-])[C@H](O)[C@H](O)[C@H](O)[C@H](O)CO.O=C([O-])[C@H](O)[C@H](O)[C@H](O)[C@H](O)CO.O=C([O-])[C@H](O)[C@H](O)[C@H](O)[C@H](O)CO.[Ti+4]. The molecule has 29 heteroatoms. The van der Waals surface area contributed by atoms with Gasteiger partial charge in [0.2, 0.25) is 0 Å². The molecule has 0 saturated carbocycles. The Morgan fingerprint density at radius 2 is 0.415 bits per heavy atom. The predicted molar refractivity (Wildman–Crippen MR) is 144 cm³/mol. The number of aliphatic carboxylic acids is 4. The van der Waals surface area contributed by atoms with Crippen molar-refractivity contribution in [3.05, 3.63) is 0 Å². The first-order chi connectivity index (χ1) is 23.7. The monoisotopic (exact) mass is 828 g/mol. The van der Waals surface area contributed by atoms with Crippen LogP contribution in [0.15, 0.2) is 0 Å². The summed E-state index contributed by atoms with van der Waals surface area (Å²) in [5, 5.41) is 214. The molecule has 16 atom stereocenters. The van der Waals surface area contributed by atoms with Crippen molar-refractivity contribution < 1.29 is 163 Å². The van der Waals surface area contributed by atoms with Crippen LogP contribution in [-0.2, 0) is 40.9 Å². The van der Waals surface area contributed by atoms with Gasteiger partial charge in [-0.05, 0) is 0 Å². The summed E-state index contributed by atoms with van der Waals surface area (Å²) in [6.45, 7) is -3.45. The molecule has 0 saturated heterocycles. The fourth-order valence-corrected chi connectivity index (χ4v) is 2.65. The summed E-state index contributed by atoms with van der Waals surface area (Å²) >= 11 is 0. The fourth-order valence-electron chi connectivity index (χ4n) is 2.65. The van der Waals surface area contributed by atoms with Crippen LogP contribution in [0.2, 0.25) is 0 Å². The molecule has 0 aliphatic carbocycles. The maximum absolute atomic E-state index is 9.98. The maximum Gasteiger partial charge on any atom is 4.00 e. The van der Waals surface area contributed by atoms with Gasteiger partial charge in [-0.15, -0.1) is 0 Å². The fraction of sp³-hybridized carbons (Fsp3) is 0.833. The number of carbonyl (C=O) groups is 4. The van der Waals surface area contributed by atoms with Crippen molar-refractivity contribution in [1.82, 2.24) is 0 Å². The molecule has 0 aliphatic rings.